The summed E-state index contributed by atoms with van der Waals surface area (Å²) < 4.78 is 5.43. The zero-order chi connectivity index (χ0) is 11.7. The molecule has 0 spiro atoms. The zero-order valence-electron chi connectivity index (χ0n) is 9.17. The van der Waals surface area contributed by atoms with Crippen LogP contribution in [0.2, 0.25) is 0 Å². The highest BCUT2D eigenvalue weighted by molar-refractivity contribution is 7.07. The van der Waals surface area contributed by atoms with Crippen molar-refractivity contribution in [2.24, 2.45) is 0 Å². The van der Waals surface area contributed by atoms with Gasteiger partial charge in [0.25, 0.3) is 0 Å². The van der Waals surface area contributed by atoms with Crippen molar-refractivity contribution in [3.05, 3.63) is 58.5 Å². The van der Waals surface area contributed by atoms with Gasteiger partial charge in [0.2, 0.25) is 0 Å². The molecule has 1 N–H and O–H groups in total. The van der Waals surface area contributed by atoms with Crippen molar-refractivity contribution in [3.8, 4) is 0 Å². The second kappa shape index (κ2) is 4.35. The summed E-state index contributed by atoms with van der Waals surface area (Å²) in [4.78, 5) is 0. The highest BCUT2D eigenvalue weighted by atomic mass is 32.1. The Morgan fingerprint density at radius 3 is 2.94 bits per heavy atom. The molecule has 0 bridgehead atoms. The molecule has 3 rings (SSSR count). The lowest BCUT2D eigenvalue weighted by Gasteiger charge is -2.07. The van der Waals surface area contributed by atoms with Gasteiger partial charge >= 0.3 is 0 Å². The van der Waals surface area contributed by atoms with E-state index in [0.29, 0.717) is 6.42 Å². The zero-order valence-corrected chi connectivity index (χ0v) is 9.98. The van der Waals surface area contributed by atoms with E-state index in [1.54, 1.807) is 17.6 Å². The van der Waals surface area contributed by atoms with Gasteiger partial charge in [-0.1, -0.05) is 18.2 Å². The lowest BCUT2D eigenvalue weighted by atomic mass is 10.0. The third-order valence-corrected chi connectivity index (χ3v) is 3.61. The van der Waals surface area contributed by atoms with Crippen molar-refractivity contribution in [1.29, 1.82) is 0 Å². The molecule has 0 amide bonds. The van der Waals surface area contributed by atoms with Gasteiger partial charge in [-0.2, -0.15) is 11.3 Å². The third-order valence-electron chi connectivity index (χ3n) is 2.88. The fourth-order valence-electron chi connectivity index (χ4n) is 2.00. The van der Waals surface area contributed by atoms with Gasteiger partial charge in [0.1, 0.15) is 5.58 Å². The quantitative estimate of drug-likeness (QED) is 0.760. The largest absolute Gasteiger partial charge is 0.464 e. The fraction of sp³-hybridized carbons (Fsp3) is 0.143. The first-order valence-electron chi connectivity index (χ1n) is 5.50. The van der Waals surface area contributed by atoms with Crippen LogP contribution in [0.3, 0.4) is 0 Å². The van der Waals surface area contributed by atoms with E-state index in [4.69, 9.17) is 4.42 Å². The number of aliphatic hydroxyl groups excluding tert-OH is 1. The van der Waals surface area contributed by atoms with Gasteiger partial charge in [0.15, 0.2) is 0 Å². The SMILES string of the molecule is OC(Cc1ccsc1)c1coc2ccccc12. The smallest absolute Gasteiger partial charge is 0.134 e. The van der Waals surface area contributed by atoms with E-state index >= 15 is 0 Å². The minimum absolute atomic E-state index is 0.506. The highest BCUT2D eigenvalue weighted by Gasteiger charge is 2.14. The van der Waals surface area contributed by atoms with Gasteiger partial charge in [-0.25, -0.2) is 0 Å². The van der Waals surface area contributed by atoms with Crippen LogP contribution < -0.4 is 0 Å². The van der Waals surface area contributed by atoms with E-state index < -0.39 is 6.10 Å². The molecule has 3 aromatic rings. The van der Waals surface area contributed by atoms with Gasteiger partial charge in [-0.15, -0.1) is 0 Å². The van der Waals surface area contributed by atoms with E-state index in [2.05, 4.69) is 5.38 Å². The minimum Gasteiger partial charge on any atom is -0.464 e. The molecule has 2 nitrogen and oxygen atoms in total. The molecule has 0 aliphatic rings. The molecular weight excluding hydrogens is 232 g/mol. The molecule has 86 valence electrons. The Morgan fingerprint density at radius 2 is 2.12 bits per heavy atom. The lowest BCUT2D eigenvalue weighted by Crippen LogP contribution is -1.99. The van der Waals surface area contributed by atoms with Gasteiger partial charge < -0.3 is 9.52 Å². The maximum Gasteiger partial charge on any atom is 0.134 e. The normalized spacial score (nSPS) is 13.0. The molecule has 0 saturated carbocycles. The summed E-state index contributed by atoms with van der Waals surface area (Å²) >= 11 is 1.65. The predicted octanol–water partition coefficient (Wildman–Crippen LogP) is 3.77. The molecule has 1 atom stereocenters. The molecule has 0 saturated heterocycles. The molecule has 0 aliphatic carbocycles. The van der Waals surface area contributed by atoms with Gasteiger partial charge in [-0.05, 0) is 28.5 Å². The summed E-state index contributed by atoms with van der Waals surface area (Å²) in [5.74, 6) is 0. The molecule has 17 heavy (non-hydrogen) atoms. The van der Waals surface area contributed by atoms with E-state index in [0.717, 1.165) is 22.1 Å². The topological polar surface area (TPSA) is 33.4 Å². The first-order valence-corrected chi connectivity index (χ1v) is 6.44. The second-order valence-corrected chi connectivity index (χ2v) is 4.82. The number of benzene rings is 1. The molecule has 0 aliphatic heterocycles. The Labute approximate surface area is 103 Å². The Hall–Kier alpha value is -1.58. The molecule has 1 unspecified atom stereocenters. The Morgan fingerprint density at radius 1 is 1.24 bits per heavy atom. The number of para-hydroxylation sites is 1. The van der Waals surface area contributed by atoms with Crippen LogP contribution in [0.15, 0.2) is 51.8 Å². The Bertz CT molecular complexity index is 610. The maximum absolute atomic E-state index is 10.2. The third kappa shape index (κ3) is 1.99. The standard InChI is InChI=1S/C14H12O2S/c15-13(7-10-5-6-17-9-10)12-8-16-14-4-2-1-3-11(12)14/h1-6,8-9,13,15H,7H2. The molecule has 2 heterocycles. The number of hydrogen-bond donors (Lipinski definition) is 1. The van der Waals surface area contributed by atoms with Crippen molar-refractivity contribution >= 4 is 22.3 Å². The fourth-order valence-corrected chi connectivity index (χ4v) is 2.68. The Kier molecular flexibility index (Phi) is 2.71. The molecule has 0 radical (unpaired) electrons. The monoisotopic (exact) mass is 244 g/mol. The minimum atomic E-state index is -0.506. The summed E-state index contributed by atoms with van der Waals surface area (Å²) in [5.41, 5.74) is 2.85. The molecule has 2 aromatic heterocycles. The van der Waals surface area contributed by atoms with Crippen LogP contribution in [-0.2, 0) is 6.42 Å². The summed E-state index contributed by atoms with van der Waals surface area (Å²) in [7, 11) is 0. The van der Waals surface area contributed by atoms with Crippen molar-refractivity contribution in [2.75, 3.05) is 0 Å². The van der Waals surface area contributed by atoms with Crippen molar-refractivity contribution in [2.45, 2.75) is 12.5 Å². The average molecular weight is 244 g/mol. The van der Waals surface area contributed by atoms with Crippen LogP contribution in [0.1, 0.15) is 17.2 Å². The van der Waals surface area contributed by atoms with Crippen molar-refractivity contribution in [1.82, 2.24) is 0 Å². The van der Waals surface area contributed by atoms with E-state index in [1.165, 1.54) is 0 Å². The molecule has 0 fully saturated rings. The number of rotatable bonds is 3. The molecule has 3 heteroatoms. The number of furan rings is 1. The van der Waals surface area contributed by atoms with Crippen LogP contribution in [-0.4, -0.2) is 5.11 Å². The first kappa shape index (κ1) is 10.6. The van der Waals surface area contributed by atoms with E-state index in [9.17, 15) is 5.11 Å². The van der Waals surface area contributed by atoms with Crippen molar-refractivity contribution < 1.29 is 9.52 Å². The first-order chi connectivity index (χ1) is 8.34. The summed E-state index contributed by atoms with van der Waals surface area (Å²) in [6, 6.07) is 9.82. The van der Waals surface area contributed by atoms with E-state index in [-0.39, 0.29) is 0 Å². The molecule has 1 aromatic carbocycles. The average Bonchev–Trinajstić information content (AvgIpc) is 2.96. The summed E-state index contributed by atoms with van der Waals surface area (Å²) in [6.45, 7) is 0. The Balaban J connectivity index is 1.93. The predicted molar refractivity (Wildman–Crippen MR) is 69.2 cm³/mol. The highest BCUT2D eigenvalue weighted by Crippen LogP contribution is 2.28. The number of aliphatic hydroxyl groups is 1. The summed E-state index contributed by atoms with van der Waals surface area (Å²) in [6.07, 6.45) is 1.78. The number of thiophene rings is 1. The second-order valence-electron chi connectivity index (χ2n) is 4.04. The number of fused-ring (bicyclic) bond motifs is 1. The van der Waals surface area contributed by atoms with Crippen LogP contribution >= 0.6 is 11.3 Å². The van der Waals surface area contributed by atoms with Gasteiger partial charge in [0, 0.05) is 17.4 Å². The summed E-state index contributed by atoms with van der Waals surface area (Å²) in [5, 5.41) is 15.3. The van der Waals surface area contributed by atoms with Crippen molar-refractivity contribution in [3.63, 3.8) is 0 Å². The molecular formula is C14H12O2S. The number of hydrogen-bond acceptors (Lipinski definition) is 3. The van der Waals surface area contributed by atoms with Crippen LogP contribution in [0.25, 0.3) is 11.0 Å². The van der Waals surface area contributed by atoms with Gasteiger partial charge in [0.05, 0.1) is 12.4 Å². The lowest BCUT2D eigenvalue weighted by molar-refractivity contribution is 0.179. The van der Waals surface area contributed by atoms with Gasteiger partial charge in [-0.3, -0.25) is 0 Å². The maximum atomic E-state index is 10.2. The van der Waals surface area contributed by atoms with Crippen LogP contribution in [0, 0.1) is 0 Å². The van der Waals surface area contributed by atoms with E-state index in [1.807, 2.05) is 35.7 Å². The van der Waals surface area contributed by atoms with Crippen LogP contribution in [0.5, 0.6) is 0 Å². The van der Waals surface area contributed by atoms with Crippen LogP contribution in [0.4, 0.5) is 0 Å².